The first-order chi connectivity index (χ1) is 16.7. The van der Waals surface area contributed by atoms with Crippen LogP contribution >= 0.6 is 22.9 Å². The quantitative estimate of drug-likeness (QED) is 0.224. The second-order valence-corrected chi connectivity index (χ2v) is 8.64. The van der Waals surface area contributed by atoms with Crippen molar-refractivity contribution in [1.29, 1.82) is 0 Å². The Kier molecular flexibility index (Phi) is 6.63. The molecule has 0 aliphatic heterocycles. The highest BCUT2D eigenvalue weighted by Gasteiger charge is 2.24. The first-order valence-corrected chi connectivity index (χ1v) is 11.5. The molecule has 10 nitrogen and oxygen atoms in total. The van der Waals surface area contributed by atoms with Crippen molar-refractivity contribution in [3.8, 4) is 5.69 Å². The number of hydrogen-bond acceptors (Lipinski definition) is 8. The number of carbonyl (C=O) groups excluding carboxylic acids is 2. The molecular formula is C23H17ClN4O6S. The highest BCUT2D eigenvalue weighted by atomic mass is 35.5. The fraction of sp³-hybridized carbons (Fsp3) is 0.130. The Labute approximate surface area is 206 Å². The van der Waals surface area contributed by atoms with Gasteiger partial charge in [0.15, 0.2) is 5.69 Å². The van der Waals surface area contributed by atoms with Crippen molar-refractivity contribution in [2.24, 2.45) is 0 Å². The van der Waals surface area contributed by atoms with Gasteiger partial charge in [-0.25, -0.2) is 4.79 Å². The number of amides is 1. The van der Waals surface area contributed by atoms with Crippen LogP contribution in [0.4, 0.5) is 10.7 Å². The van der Waals surface area contributed by atoms with Crippen LogP contribution in [0.25, 0.3) is 16.5 Å². The number of nitro benzene ring substituents is 1. The van der Waals surface area contributed by atoms with Crippen LogP contribution < -0.4 is 10.9 Å². The van der Waals surface area contributed by atoms with E-state index in [0.717, 1.165) is 22.1 Å². The van der Waals surface area contributed by atoms with Crippen molar-refractivity contribution in [3.63, 3.8) is 0 Å². The van der Waals surface area contributed by atoms with Crippen LogP contribution in [0.5, 0.6) is 0 Å². The average Bonchev–Trinajstić information content (AvgIpc) is 3.24. The highest BCUT2D eigenvalue weighted by molar-refractivity contribution is 7.16. The summed E-state index contributed by atoms with van der Waals surface area (Å²) in [6.07, 6.45) is 0. The summed E-state index contributed by atoms with van der Waals surface area (Å²) < 4.78 is 6.14. The molecule has 12 heteroatoms. The lowest BCUT2D eigenvalue weighted by Crippen LogP contribution is -2.25. The Morgan fingerprint density at radius 1 is 1.23 bits per heavy atom. The van der Waals surface area contributed by atoms with Gasteiger partial charge in [0.25, 0.3) is 17.2 Å². The average molecular weight is 513 g/mol. The summed E-state index contributed by atoms with van der Waals surface area (Å²) >= 11 is 6.97. The number of benzene rings is 2. The van der Waals surface area contributed by atoms with Gasteiger partial charge in [-0.3, -0.25) is 19.7 Å². The molecule has 0 saturated carbocycles. The molecule has 0 atom stereocenters. The number of anilines is 1. The number of ether oxygens (including phenoxy) is 1. The lowest BCUT2D eigenvalue weighted by molar-refractivity contribution is -0.385. The van der Waals surface area contributed by atoms with E-state index in [1.54, 1.807) is 38.1 Å². The molecular weight excluding hydrogens is 496 g/mol. The van der Waals surface area contributed by atoms with Gasteiger partial charge in [0.1, 0.15) is 5.00 Å². The summed E-state index contributed by atoms with van der Waals surface area (Å²) in [5.41, 5.74) is -0.0799. The van der Waals surface area contributed by atoms with E-state index in [1.807, 2.05) is 0 Å². The van der Waals surface area contributed by atoms with E-state index in [-0.39, 0.29) is 39.3 Å². The molecule has 178 valence electrons. The Bertz CT molecular complexity index is 1540. The van der Waals surface area contributed by atoms with Crippen LogP contribution in [0.3, 0.4) is 0 Å². The van der Waals surface area contributed by atoms with Crippen LogP contribution in [0.2, 0.25) is 5.02 Å². The smallest absolute Gasteiger partial charge is 0.359 e. The molecule has 4 rings (SSSR count). The Balaban J connectivity index is 1.85. The van der Waals surface area contributed by atoms with E-state index in [4.69, 9.17) is 16.3 Å². The number of fused-ring (bicyclic) bond motifs is 1. The Morgan fingerprint density at radius 3 is 2.60 bits per heavy atom. The first kappa shape index (κ1) is 24.0. The van der Waals surface area contributed by atoms with E-state index < -0.39 is 22.4 Å². The summed E-state index contributed by atoms with van der Waals surface area (Å²) in [5, 5.41) is 20.5. The zero-order valence-corrected chi connectivity index (χ0v) is 20.0. The molecule has 0 bridgehead atoms. The molecule has 4 aromatic rings. The maximum Gasteiger partial charge on any atom is 0.359 e. The van der Waals surface area contributed by atoms with Gasteiger partial charge in [0.2, 0.25) is 0 Å². The summed E-state index contributed by atoms with van der Waals surface area (Å²) in [4.78, 5) is 49.6. The van der Waals surface area contributed by atoms with Gasteiger partial charge in [-0.2, -0.15) is 9.78 Å². The molecule has 0 radical (unpaired) electrons. The lowest BCUT2D eigenvalue weighted by Gasteiger charge is -2.10. The fourth-order valence-corrected chi connectivity index (χ4v) is 4.43. The van der Waals surface area contributed by atoms with Crippen molar-refractivity contribution < 1.29 is 19.2 Å². The van der Waals surface area contributed by atoms with Crippen LogP contribution in [0.15, 0.2) is 52.6 Å². The minimum absolute atomic E-state index is 0.0431. The number of esters is 1. The zero-order chi connectivity index (χ0) is 25.3. The number of hydrogen-bond donors (Lipinski definition) is 1. The van der Waals surface area contributed by atoms with Gasteiger partial charge in [-0.15, -0.1) is 11.3 Å². The van der Waals surface area contributed by atoms with Crippen molar-refractivity contribution in [3.05, 3.63) is 90.2 Å². The molecule has 0 saturated heterocycles. The van der Waals surface area contributed by atoms with E-state index in [9.17, 15) is 24.5 Å². The summed E-state index contributed by atoms with van der Waals surface area (Å²) in [7, 11) is 0. The Morgan fingerprint density at radius 2 is 1.94 bits per heavy atom. The van der Waals surface area contributed by atoms with E-state index in [2.05, 4.69) is 10.4 Å². The minimum Gasteiger partial charge on any atom is -0.461 e. The van der Waals surface area contributed by atoms with Gasteiger partial charge in [-0.1, -0.05) is 17.7 Å². The third-order valence-electron chi connectivity index (χ3n) is 5.09. The van der Waals surface area contributed by atoms with E-state index in [1.165, 1.54) is 17.5 Å². The molecule has 0 fully saturated rings. The number of aromatic nitrogens is 2. The van der Waals surface area contributed by atoms with Gasteiger partial charge in [-0.05, 0) is 44.2 Å². The molecule has 2 aromatic heterocycles. The van der Waals surface area contributed by atoms with Crippen molar-refractivity contribution in [2.75, 3.05) is 11.9 Å². The lowest BCUT2D eigenvalue weighted by atomic mass is 10.1. The molecule has 0 aliphatic carbocycles. The van der Waals surface area contributed by atoms with Crippen LogP contribution in [0.1, 0.15) is 33.3 Å². The van der Waals surface area contributed by atoms with Gasteiger partial charge in [0.05, 0.1) is 22.6 Å². The predicted octanol–water partition coefficient (Wildman–Crippen LogP) is 4.75. The number of carbonyl (C=O) groups is 2. The SMILES string of the molecule is CCOC(=O)c1nn(-c2ccc(Cl)cc2)c(=O)c2c(NC(=O)c3ccc(C)c([N+](=O)[O-])c3)scc12. The third kappa shape index (κ3) is 4.63. The number of nitrogens with one attached hydrogen (secondary N) is 1. The van der Waals surface area contributed by atoms with Crippen molar-refractivity contribution >= 4 is 56.3 Å². The molecule has 0 spiro atoms. The number of thiophene rings is 1. The molecule has 1 amide bonds. The summed E-state index contributed by atoms with van der Waals surface area (Å²) in [5.74, 6) is -1.38. The molecule has 35 heavy (non-hydrogen) atoms. The standard InChI is InChI=1S/C23H17ClN4O6S/c1-3-34-23(31)19-16-11-35-21(25-20(29)13-5-4-12(2)17(10-13)28(32)33)18(16)22(30)27(26-19)15-8-6-14(24)7-9-15/h4-11H,3H2,1-2H3,(H,25,29). The molecule has 1 N–H and O–H groups in total. The summed E-state index contributed by atoms with van der Waals surface area (Å²) in [6, 6.07) is 10.3. The fourth-order valence-electron chi connectivity index (χ4n) is 3.37. The number of rotatable bonds is 6. The Hall–Kier alpha value is -4.09. The number of aryl methyl sites for hydroxylation is 1. The molecule has 2 aromatic carbocycles. The predicted molar refractivity (Wildman–Crippen MR) is 132 cm³/mol. The normalized spacial score (nSPS) is 10.8. The van der Waals surface area contributed by atoms with Gasteiger partial charge in [0, 0.05) is 33.0 Å². The second kappa shape index (κ2) is 9.65. The maximum absolute atomic E-state index is 13.4. The minimum atomic E-state index is -0.731. The number of nitrogens with zero attached hydrogens (tertiary/aromatic N) is 3. The third-order valence-corrected chi connectivity index (χ3v) is 6.23. The number of halogens is 1. The molecule has 0 aliphatic rings. The topological polar surface area (TPSA) is 133 Å². The largest absolute Gasteiger partial charge is 0.461 e. The van der Waals surface area contributed by atoms with Crippen LogP contribution in [0, 0.1) is 17.0 Å². The van der Waals surface area contributed by atoms with Crippen LogP contribution in [-0.4, -0.2) is 33.2 Å². The van der Waals surface area contributed by atoms with E-state index in [0.29, 0.717) is 16.3 Å². The van der Waals surface area contributed by atoms with Crippen molar-refractivity contribution in [2.45, 2.75) is 13.8 Å². The highest BCUT2D eigenvalue weighted by Crippen LogP contribution is 2.31. The molecule has 2 heterocycles. The summed E-state index contributed by atoms with van der Waals surface area (Å²) in [6.45, 7) is 3.31. The maximum atomic E-state index is 13.4. The van der Waals surface area contributed by atoms with Crippen molar-refractivity contribution in [1.82, 2.24) is 9.78 Å². The zero-order valence-electron chi connectivity index (χ0n) is 18.4. The number of nitro groups is 1. The monoisotopic (exact) mass is 512 g/mol. The van der Waals surface area contributed by atoms with Crippen LogP contribution in [-0.2, 0) is 4.74 Å². The molecule has 0 unspecified atom stereocenters. The van der Waals surface area contributed by atoms with E-state index >= 15 is 0 Å². The first-order valence-electron chi connectivity index (χ1n) is 10.2. The van der Waals surface area contributed by atoms with Gasteiger partial charge >= 0.3 is 5.97 Å². The van der Waals surface area contributed by atoms with Gasteiger partial charge < -0.3 is 10.1 Å². The second-order valence-electron chi connectivity index (χ2n) is 7.33.